The van der Waals surface area contributed by atoms with E-state index in [9.17, 15) is 26.7 Å². The van der Waals surface area contributed by atoms with Crippen LogP contribution in [-0.4, -0.2) is 43.2 Å². The predicted octanol–water partition coefficient (Wildman–Crippen LogP) is 4.49. The van der Waals surface area contributed by atoms with E-state index in [0.717, 1.165) is 31.4 Å². The second-order valence-corrected chi connectivity index (χ2v) is 9.84. The van der Waals surface area contributed by atoms with E-state index in [-0.39, 0.29) is 29.7 Å². The molecular formula is C24H25F3N4O3S. The van der Waals surface area contributed by atoms with Crippen LogP contribution in [0.15, 0.2) is 59.6 Å². The molecule has 4 rings (SSSR count). The van der Waals surface area contributed by atoms with Gasteiger partial charge in [-0.2, -0.15) is 21.6 Å². The average molecular weight is 507 g/mol. The molecule has 0 unspecified atom stereocenters. The summed E-state index contributed by atoms with van der Waals surface area (Å²) in [7, 11) is -4.24. The molecule has 3 heterocycles. The zero-order chi connectivity index (χ0) is 25.1. The summed E-state index contributed by atoms with van der Waals surface area (Å²) in [4.78, 5) is 10.2. The molecule has 1 aliphatic rings. The number of β-amino-alcohol motifs (C(OH)–C–C–N with tert-alkyl or cyclic N) is 1. The number of aryl methyl sites for hydroxylation is 1. The number of aliphatic hydroxyl groups is 1. The van der Waals surface area contributed by atoms with Gasteiger partial charge in [0.1, 0.15) is 11.6 Å². The van der Waals surface area contributed by atoms with E-state index < -0.39 is 21.8 Å². The highest BCUT2D eigenvalue weighted by atomic mass is 32.2. The molecule has 1 aromatic carbocycles. The minimum absolute atomic E-state index is 0.122. The van der Waals surface area contributed by atoms with Crippen molar-refractivity contribution in [3.63, 3.8) is 0 Å². The van der Waals surface area contributed by atoms with Gasteiger partial charge in [0.05, 0.1) is 17.9 Å². The van der Waals surface area contributed by atoms with Crippen LogP contribution in [0.1, 0.15) is 30.4 Å². The molecule has 2 N–H and O–H groups in total. The molecule has 0 atom stereocenters. The molecule has 186 valence electrons. The number of pyridine rings is 2. The normalized spacial score (nSPS) is 16.3. The Kier molecular flexibility index (Phi) is 7.27. The Morgan fingerprint density at radius 2 is 1.77 bits per heavy atom. The lowest BCUT2D eigenvalue weighted by Crippen LogP contribution is -2.29. The van der Waals surface area contributed by atoms with Crippen molar-refractivity contribution >= 4 is 21.7 Å². The Morgan fingerprint density at radius 1 is 0.971 bits per heavy atom. The van der Waals surface area contributed by atoms with Gasteiger partial charge in [-0.1, -0.05) is 36.8 Å². The maximum Gasteiger partial charge on any atom is 0.418 e. The Labute approximate surface area is 201 Å². The van der Waals surface area contributed by atoms with Gasteiger partial charge in [0.25, 0.3) is 10.0 Å². The van der Waals surface area contributed by atoms with Gasteiger partial charge in [0, 0.05) is 18.7 Å². The first kappa shape index (κ1) is 24.9. The van der Waals surface area contributed by atoms with Crippen LogP contribution >= 0.6 is 0 Å². The molecule has 7 nitrogen and oxygen atoms in total. The van der Waals surface area contributed by atoms with Crippen LogP contribution in [-0.2, 0) is 22.6 Å². The quantitative estimate of drug-likeness (QED) is 0.532. The number of sulfonamides is 1. The van der Waals surface area contributed by atoms with Crippen LogP contribution in [0.2, 0.25) is 0 Å². The Morgan fingerprint density at radius 3 is 2.54 bits per heavy atom. The van der Waals surface area contributed by atoms with Gasteiger partial charge in [0.2, 0.25) is 0 Å². The van der Waals surface area contributed by atoms with Gasteiger partial charge in [-0.15, -0.1) is 0 Å². The van der Waals surface area contributed by atoms with Crippen molar-refractivity contribution in [2.75, 3.05) is 29.3 Å². The number of alkyl halides is 3. The molecule has 3 aromatic rings. The first-order valence-electron chi connectivity index (χ1n) is 11.2. The number of rotatable bonds is 2. The van der Waals surface area contributed by atoms with Crippen LogP contribution in [0.4, 0.5) is 24.8 Å². The topological polar surface area (TPSA) is 95.4 Å². The molecule has 1 aliphatic heterocycles. The summed E-state index contributed by atoms with van der Waals surface area (Å²) in [5.41, 5.74) is -0.239. The fourth-order valence-electron chi connectivity index (χ4n) is 4.10. The van der Waals surface area contributed by atoms with E-state index in [1.54, 1.807) is 30.3 Å². The number of nitrogens with zero attached hydrogens (tertiary/aromatic N) is 3. The molecule has 4 bridgehead atoms. The largest absolute Gasteiger partial charge is 0.418 e. The number of benzene rings is 1. The van der Waals surface area contributed by atoms with Crippen molar-refractivity contribution in [1.29, 1.82) is 0 Å². The van der Waals surface area contributed by atoms with Crippen molar-refractivity contribution in [3.8, 4) is 11.3 Å². The minimum Gasteiger partial charge on any atom is -0.395 e. The standard InChI is InChI=1S/C24H25F3N4O3S/c25-24(26,27)19-12-13-20-28-23(19)18-9-4-3-8-17(18)7-2-1-5-14-31(15-16-32)21-10-6-11-22(29-21)35(33,34)30-20/h3-4,6,8-13,32H,1-2,5,7,14-16H2,(H,28,30). The third-order valence-electron chi connectivity index (χ3n) is 5.76. The maximum atomic E-state index is 13.8. The first-order valence-corrected chi connectivity index (χ1v) is 12.7. The Balaban J connectivity index is 1.85. The van der Waals surface area contributed by atoms with Crippen molar-refractivity contribution in [1.82, 2.24) is 9.97 Å². The second kappa shape index (κ2) is 10.2. The Hall–Kier alpha value is -3.18. The van der Waals surface area contributed by atoms with Crippen LogP contribution < -0.4 is 9.62 Å². The van der Waals surface area contributed by atoms with Gasteiger partial charge in [-0.3, -0.25) is 4.72 Å². The summed E-state index contributed by atoms with van der Waals surface area (Å²) in [5.74, 6) is 0.148. The first-order chi connectivity index (χ1) is 16.7. The molecule has 2 aromatic heterocycles. The number of anilines is 2. The minimum atomic E-state index is -4.67. The van der Waals surface area contributed by atoms with Crippen molar-refractivity contribution in [2.45, 2.75) is 36.9 Å². The maximum absolute atomic E-state index is 13.8. The van der Waals surface area contributed by atoms with Gasteiger partial charge >= 0.3 is 6.18 Å². The molecule has 0 saturated carbocycles. The average Bonchev–Trinajstić information content (AvgIpc) is 2.82. The summed E-state index contributed by atoms with van der Waals surface area (Å²) < 4.78 is 69.9. The van der Waals surface area contributed by atoms with Crippen LogP contribution in [0.5, 0.6) is 0 Å². The third kappa shape index (κ3) is 5.73. The second-order valence-electron chi connectivity index (χ2n) is 8.21. The molecule has 0 spiro atoms. The highest BCUT2D eigenvalue weighted by Crippen LogP contribution is 2.38. The molecule has 0 saturated heterocycles. The van der Waals surface area contributed by atoms with Crippen LogP contribution in [0.25, 0.3) is 11.3 Å². The van der Waals surface area contributed by atoms with Crippen molar-refractivity contribution in [3.05, 3.63) is 65.7 Å². The predicted molar refractivity (Wildman–Crippen MR) is 127 cm³/mol. The highest BCUT2D eigenvalue weighted by molar-refractivity contribution is 7.92. The summed E-state index contributed by atoms with van der Waals surface area (Å²) in [6, 6.07) is 13.1. The number of nitrogens with one attached hydrogen (secondary N) is 1. The smallest absolute Gasteiger partial charge is 0.395 e. The van der Waals surface area contributed by atoms with E-state index in [1.165, 1.54) is 12.1 Å². The van der Waals surface area contributed by atoms with Crippen LogP contribution in [0, 0.1) is 0 Å². The molecular weight excluding hydrogens is 481 g/mol. The fraction of sp³-hybridized carbons (Fsp3) is 0.333. The molecule has 0 fully saturated rings. The summed E-state index contributed by atoms with van der Waals surface area (Å²) in [6.45, 7) is 0.712. The Bertz CT molecular complexity index is 1300. The van der Waals surface area contributed by atoms with Gasteiger partial charge in [-0.25, -0.2) is 9.97 Å². The number of halogens is 3. The summed E-state index contributed by atoms with van der Waals surface area (Å²) in [5, 5.41) is 9.17. The number of fused-ring (bicyclic) bond motifs is 6. The molecule has 0 aliphatic carbocycles. The van der Waals surface area contributed by atoms with Crippen LogP contribution in [0.3, 0.4) is 0 Å². The number of hydrogen-bond donors (Lipinski definition) is 2. The zero-order valence-electron chi connectivity index (χ0n) is 18.8. The lowest BCUT2D eigenvalue weighted by Gasteiger charge is -2.23. The monoisotopic (exact) mass is 506 g/mol. The van der Waals surface area contributed by atoms with E-state index in [0.29, 0.717) is 29.9 Å². The summed E-state index contributed by atoms with van der Waals surface area (Å²) in [6.07, 6.45) is -1.86. The summed E-state index contributed by atoms with van der Waals surface area (Å²) >= 11 is 0. The molecule has 0 radical (unpaired) electrons. The molecule has 0 amide bonds. The van der Waals surface area contributed by atoms with Gasteiger partial charge in [0.15, 0.2) is 5.03 Å². The molecule has 35 heavy (non-hydrogen) atoms. The van der Waals surface area contributed by atoms with E-state index in [4.69, 9.17) is 0 Å². The van der Waals surface area contributed by atoms with E-state index in [2.05, 4.69) is 14.7 Å². The number of aliphatic hydroxyl groups excluding tert-OH is 1. The molecule has 11 heteroatoms. The van der Waals surface area contributed by atoms with E-state index in [1.807, 2.05) is 4.90 Å². The van der Waals surface area contributed by atoms with Crippen molar-refractivity contribution < 1.29 is 26.7 Å². The zero-order valence-corrected chi connectivity index (χ0v) is 19.6. The lowest BCUT2D eigenvalue weighted by molar-refractivity contribution is -0.137. The SMILES string of the molecule is O=S1(=O)Nc2ccc(C(F)(F)F)c(n2)-c2ccccc2CCCCCN(CCO)c2cccc1n2. The fourth-order valence-corrected chi connectivity index (χ4v) is 5.06. The van der Waals surface area contributed by atoms with Gasteiger partial charge < -0.3 is 10.0 Å². The lowest BCUT2D eigenvalue weighted by atomic mass is 9.96. The highest BCUT2D eigenvalue weighted by Gasteiger charge is 2.35. The van der Waals surface area contributed by atoms with Crippen molar-refractivity contribution in [2.24, 2.45) is 0 Å². The number of hydrogen-bond acceptors (Lipinski definition) is 6. The van der Waals surface area contributed by atoms with E-state index >= 15 is 0 Å². The van der Waals surface area contributed by atoms with Gasteiger partial charge in [-0.05, 0) is 49.1 Å². The third-order valence-corrected chi connectivity index (χ3v) is 7.02. The number of aromatic nitrogens is 2.